The van der Waals surface area contributed by atoms with E-state index in [1.165, 1.54) is 19.4 Å². The number of nitrogens with zero attached hydrogens (tertiary/aromatic N) is 1. The summed E-state index contributed by atoms with van der Waals surface area (Å²) in [5.41, 5.74) is 0. The molecule has 0 aliphatic carbocycles. The molecule has 0 aromatic heterocycles. The van der Waals surface area contributed by atoms with Gasteiger partial charge in [0.05, 0.1) is 11.5 Å². The quantitative estimate of drug-likeness (QED) is 0.732. The first kappa shape index (κ1) is 11.9. The first-order valence-electron chi connectivity index (χ1n) is 6.82. The second-order valence-corrected chi connectivity index (χ2v) is 8.10. The van der Waals surface area contributed by atoms with Gasteiger partial charge in [-0.1, -0.05) is 0 Å². The maximum absolute atomic E-state index is 11.4. The highest BCUT2D eigenvalue weighted by Crippen LogP contribution is 2.29. The normalized spacial score (nSPS) is 39.1. The van der Waals surface area contributed by atoms with Crippen LogP contribution in [0.1, 0.15) is 25.7 Å². The lowest BCUT2D eigenvalue weighted by Crippen LogP contribution is -2.43. The van der Waals surface area contributed by atoms with Gasteiger partial charge in [0.2, 0.25) is 0 Å². The Labute approximate surface area is 104 Å². The van der Waals surface area contributed by atoms with Crippen LogP contribution in [0.15, 0.2) is 0 Å². The van der Waals surface area contributed by atoms with Crippen molar-refractivity contribution in [3.8, 4) is 0 Å². The van der Waals surface area contributed by atoms with Gasteiger partial charge >= 0.3 is 0 Å². The Bertz CT molecular complexity index is 354. The first-order valence-corrected chi connectivity index (χ1v) is 8.64. The van der Waals surface area contributed by atoms with Gasteiger partial charge in [-0.15, -0.1) is 0 Å². The van der Waals surface area contributed by atoms with Gasteiger partial charge in [0.15, 0.2) is 0 Å². The summed E-state index contributed by atoms with van der Waals surface area (Å²) in [6.07, 6.45) is 4.34. The van der Waals surface area contributed by atoms with Crippen molar-refractivity contribution in [1.29, 1.82) is 0 Å². The first-order chi connectivity index (χ1) is 8.14. The van der Waals surface area contributed by atoms with Crippen LogP contribution in [0.25, 0.3) is 0 Å². The third-order valence-corrected chi connectivity index (χ3v) is 6.38. The lowest BCUT2D eigenvalue weighted by molar-refractivity contribution is 0.217. The summed E-state index contributed by atoms with van der Waals surface area (Å²) in [6, 6.07) is 1.19. The van der Waals surface area contributed by atoms with Crippen LogP contribution in [-0.2, 0) is 9.84 Å². The molecule has 0 aromatic rings. The van der Waals surface area contributed by atoms with Crippen molar-refractivity contribution >= 4 is 9.84 Å². The molecule has 5 heteroatoms. The van der Waals surface area contributed by atoms with E-state index in [2.05, 4.69) is 10.2 Å². The van der Waals surface area contributed by atoms with Crippen LogP contribution >= 0.6 is 0 Å². The molecule has 0 spiro atoms. The summed E-state index contributed by atoms with van der Waals surface area (Å²) >= 11 is 0. The van der Waals surface area contributed by atoms with Gasteiger partial charge in [-0.2, -0.15) is 0 Å². The molecule has 2 atom stereocenters. The Kier molecular flexibility index (Phi) is 3.17. The zero-order chi connectivity index (χ0) is 11.9. The molecule has 3 heterocycles. The zero-order valence-corrected chi connectivity index (χ0v) is 11.1. The van der Waals surface area contributed by atoms with E-state index in [0.717, 1.165) is 31.8 Å². The monoisotopic (exact) mass is 258 g/mol. The van der Waals surface area contributed by atoms with Crippen LogP contribution in [0.5, 0.6) is 0 Å². The van der Waals surface area contributed by atoms with Gasteiger partial charge in [-0.25, -0.2) is 8.42 Å². The molecule has 0 aromatic carbocycles. The molecule has 0 bridgehead atoms. The molecule has 3 aliphatic heterocycles. The summed E-state index contributed by atoms with van der Waals surface area (Å²) in [5, 5.41) is 3.61. The second-order valence-electron chi connectivity index (χ2n) is 5.80. The molecule has 3 rings (SSSR count). The Morgan fingerprint density at radius 1 is 1.06 bits per heavy atom. The standard InChI is InChI=1S/C12H22N2O2S/c15-17(16)6-3-11(4-7-17)14-8-10-2-1-5-13-12(10)9-14/h10-13H,1-9H2/t10-,12+/m0/s1. The van der Waals surface area contributed by atoms with Gasteiger partial charge in [0.1, 0.15) is 9.84 Å². The van der Waals surface area contributed by atoms with E-state index in [-0.39, 0.29) is 0 Å². The second kappa shape index (κ2) is 4.52. The van der Waals surface area contributed by atoms with Gasteiger partial charge < -0.3 is 5.32 Å². The van der Waals surface area contributed by atoms with E-state index in [4.69, 9.17) is 0 Å². The highest BCUT2D eigenvalue weighted by molar-refractivity contribution is 7.91. The molecule has 3 aliphatic rings. The van der Waals surface area contributed by atoms with E-state index in [1.54, 1.807) is 0 Å². The Hall–Kier alpha value is -0.130. The van der Waals surface area contributed by atoms with Crippen molar-refractivity contribution in [2.24, 2.45) is 5.92 Å². The SMILES string of the molecule is O=S1(=O)CCC(N2C[C@@H]3CCCN[C@@H]3C2)CC1. The topological polar surface area (TPSA) is 49.4 Å². The van der Waals surface area contributed by atoms with Crippen LogP contribution in [0.4, 0.5) is 0 Å². The molecule has 0 amide bonds. The van der Waals surface area contributed by atoms with Crippen molar-refractivity contribution in [3.05, 3.63) is 0 Å². The van der Waals surface area contributed by atoms with E-state index < -0.39 is 9.84 Å². The molecule has 0 radical (unpaired) electrons. The van der Waals surface area contributed by atoms with Crippen molar-refractivity contribution in [2.45, 2.75) is 37.8 Å². The van der Waals surface area contributed by atoms with Crippen molar-refractivity contribution < 1.29 is 8.42 Å². The van der Waals surface area contributed by atoms with Crippen LogP contribution in [0.3, 0.4) is 0 Å². The summed E-state index contributed by atoms with van der Waals surface area (Å²) < 4.78 is 22.9. The number of rotatable bonds is 1. The van der Waals surface area contributed by atoms with Crippen LogP contribution in [-0.4, -0.2) is 56.5 Å². The molecule has 4 nitrogen and oxygen atoms in total. The van der Waals surface area contributed by atoms with E-state index in [1.807, 2.05) is 0 Å². The number of sulfone groups is 1. The fourth-order valence-corrected chi connectivity index (χ4v) is 5.09. The van der Waals surface area contributed by atoms with Crippen LogP contribution in [0.2, 0.25) is 0 Å². The predicted octanol–water partition coefficient (Wildman–Crippen LogP) is 0.247. The van der Waals surface area contributed by atoms with Gasteiger partial charge in [0, 0.05) is 25.2 Å². The number of hydrogen-bond donors (Lipinski definition) is 1. The summed E-state index contributed by atoms with van der Waals surface area (Å²) in [6.45, 7) is 3.48. The summed E-state index contributed by atoms with van der Waals surface area (Å²) in [7, 11) is -2.71. The maximum Gasteiger partial charge on any atom is 0.150 e. The molecular formula is C12H22N2O2S. The molecule has 3 saturated heterocycles. The smallest absolute Gasteiger partial charge is 0.150 e. The molecule has 0 saturated carbocycles. The predicted molar refractivity (Wildman–Crippen MR) is 67.8 cm³/mol. The number of likely N-dealkylation sites (tertiary alicyclic amines) is 1. The summed E-state index contributed by atoms with van der Waals surface area (Å²) in [5.74, 6) is 1.61. The fourth-order valence-electron chi connectivity index (χ4n) is 3.62. The van der Waals surface area contributed by atoms with Crippen molar-refractivity contribution in [2.75, 3.05) is 31.1 Å². The third-order valence-electron chi connectivity index (χ3n) is 4.67. The molecule has 98 valence electrons. The average Bonchev–Trinajstić information content (AvgIpc) is 2.72. The zero-order valence-electron chi connectivity index (χ0n) is 10.3. The van der Waals surface area contributed by atoms with E-state index in [9.17, 15) is 8.42 Å². The number of hydrogen-bond acceptors (Lipinski definition) is 4. The summed E-state index contributed by atoms with van der Waals surface area (Å²) in [4.78, 5) is 2.54. The highest BCUT2D eigenvalue weighted by atomic mass is 32.2. The molecule has 1 N–H and O–H groups in total. The molecular weight excluding hydrogens is 236 g/mol. The van der Waals surface area contributed by atoms with E-state index in [0.29, 0.717) is 23.6 Å². The van der Waals surface area contributed by atoms with Gasteiger partial charge in [-0.3, -0.25) is 4.90 Å². The average molecular weight is 258 g/mol. The minimum absolute atomic E-state index is 0.400. The molecule has 3 fully saturated rings. The fraction of sp³-hybridized carbons (Fsp3) is 1.00. The number of fused-ring (bicyclic) bond motifs is 1. The Balaban J connectivity index is 1.59. The minimum atomic E-state index is -2.71. The van der Waals surface area contributed by atoms with Crippen molar-refractivity contribution in [1.82, 2.24) is 10.2 Å². The van der Waals surface area contributed by atoms with E-state index >= 15 is 0 Å². The molecule has 0 unspecified atom stereocenters. The Morgan fingerprint density at radius 2 is 1.82 bits per heavy atom. The third kappa shape index (κ3) is 2.51. The van der Waals surface area contributed by atoms with Gasteiger partial charge in [-0.05, 0) is 38.1 Å². The van der Waals surface area contributed by atoms with Gasteiger partial charge in [0.25, 0.3) is 0 Å². The maximum atomic E-state index is 11.4. The highest BCUT2D eigenvalue weighted by Gasteiger charge is 2.38. The Morgan fingerprint density at radius 3 is 2.53 bits per heavy atom. The molecule has 17 heavy (non-hydrogen) atoms. The number of piperidine rings is 1. The number of nitrogens with one attached hydrogen (secondary N) is 1. The van der Waals surface area contributed by atoms with Crippen molar-refractivity contribution in [3.63, 3.8) is 0 Å². The van der Waals surface area contributed by atoms with Crippen LogP contribution < -0.4 is 5.32 Å². The lowest BCUT2D eigenvalue weighted by atomic mass is 9.94. The lowest BCUT2D eigenvalue weighted by Gasteiger charge is -2.30. The minimum Gasteiger partial charge on any atom is -0.312 e. The van der Waals surface area contributed by atoms with Crippen LogP contribution in [0, 0.1) is 5.92 Å². The largest absolute Gasteiger partial charge is 0.312 e.